The van der Waals surface area contributed by atoms with Gasteiger partial charge in [-0.3, -0.25) is 14.4 Å². The van der Waals surface area contributed by atoms with Crippen molar-refractivity contribution in [3.63, 3.8) is 0 Å². The number of ether oxygens (including phenoxy) is 1. The van der Waals surface area contributed by atoms with E-state index in [9.17, 15) is 4.79 Å². The number of fused-ring (bicyclic) bond motifs is 1. The quantitative estimate of drug-likeness (QED) is 0.215. The van der Waals surface area contributed by atoms with E-state index in [4.69, 9.17) is 9.72 Å². The van der Waals surface area contributed by atoms with Crippen molar-refractivity contribution in [2.24, 2.45) is 13.0 Å². The molecule has 1 aliphatic heterocycles. The molecular weight excluding hydrogens is 528 g/mol. The number of piperidine rings is 1. The minimum absolute atomic E-state index is 0.250. The number of carbonyl (C=O) groups is 1. The zero-order valence-electron chi connectivity index (χ0n) is 24.4. The number of aromatic amines is 1. The van der Waals surface area contributed by atoms with E-state index in [1.807, 2.05) is 44.4 Å². The summed E-state index contributed by atoms with van der Waals surface area (Å²) in [5, 5.41) is 11.3. The Morgan fingerprint density at radius 1 is 1.05 bits per heavy atom. The average molecular weight is 565 g/mol. The van der Waals surface area contributed by atoms with Crippen LogP contribution in [0.1, 0.15) is 41.5 Å². The summed E-state index contributed by atoms with van der Waals surface area (Å²) in [6.45, 7) is 7.56. The number of H-pyrrole nitrogens is 1. The van der Waals surface area contributed by atoms with Gasteiger partial charge in [0.25, 0.3) is 5.91 Å². The van der Waals surface area contributed by atoms with Crippen LogP contribution in [-0.2, 0) is 13.6 Å². The van der Waals surface area contributed by atoms with Gasteiger partial charge in [-0.15, -0.1) is 0 Å². The molecule has 42 heavy (non-hydrogen) atoms. The number of carbonyl (C=O) groups excluding carboxylic acids is 1. The lowest BCUT2D eigenvalue weighted by atomic mass is 9.99. The molecule has 6 rings (SSSR count). The molecule has 0 unspecified atom stereocenters. The summed E-state index contributed by atoms with van der Waals surface area (Å²) in [6, 6.07) is 17.8. The second-order valence-electron chi connectivity index (χ2n) is 11.1. The summed E-state index contributed by atoms with van der Waals surface area (Å²) in [4.78, 5) is 27.8. The number of aryl methyl sites for hydroxylation is 2. The maximum absolute atomic E-state index is 12.6. The number of aromatic nitrogens is 5. The Balaban J connectivity index is 1.16. The van der Waals surface area contributed by atoms with E-state index in [0.29, 0.717) is 28.9 Å². The molecule has 1 amide bonds. The second-order valence-corrected chi connectivity index (χ2v) is 11.1. The van der Waals surface area contributed by atoms with Crippen molar-refractivity contribution >= 4 is 34.3 Å². The van der Waals surface area contributed by atoms with Crippen LogP contribution in [0.4, 0.5) is 17.3 Å². The van der Waals surface area contributed by atoms with Crippen LogP contribution in [0, 0.1) is 12.8 Å². The van der Waals surface area contributed by atoms with Crippen LogP contribution in [0.25, 0.3) is 22.2 Å². The maximum Gasteiger partial charge on any atom is 0.276 e. The molecule has 5 aromatic rings. The van der Waals surface area contributed by atoms with Crippen LogP contribution in [0.5, 0.6) is 5.88 Å². The summed E-state index contributed by atoms with van der Waals surface area (Å²) >= 11 is 0. The van der Waals surface area contributed by atoms with Crippen LogP contribution < -0.4 is 15.4 Å². The minimum Gasteiger partial charge on any atom is -0.480 e. The van der Waals surface area contributed by atoms with Crippen molar-refractivity contribution in [3.05, 3.63) is 77.7 Å². The summed E-state index contributed by atoms with van der Waals surface area (Å²) in [5.41, 5.74) is 6.70. The van der Waals surface area contributed by atoms with E-state index in [1.165, 1.54) is 31.5 Å². The summed E-state index contributed by atoms with van der Waals surface area (Å²) in [7, 11) is 3.42. The van der Waals surface area contributed by atoms with E-state index < -0.39 is 0 Å². The van der Waals surface area contributed by atoms with E-state index in [2.05, 4.69) is 61.8 Å². The Labute approximate surface area is 245 Å². The van der Waals surface area contributed by atoms with Crippen LogP contribution in [0.15, 0.2) is 60.8 Å². The highest BCUT2D eigenvalue weighted by Crippen LogP contribution is 2.35. The number of hydrogen-bond acceptors (Lipinski definition) is 7. The Morgan fingerprint density at radius 2 is 1.76 bits per heavy atom. The third-order valence-corrected chi connectivity index (χ3v) is 7.98. The predicted octanol–water partition coefficient (Wildman–Crippen LogP) is 5.90. The molecule has 0 spiro atoms. The van der Waals surface area contributed by atoms with Gasteiger partial charge in [-0.2, -0.15) is 15.1 Å². The zero-order valence-corrected chi connectivity index (χ0v) is 24.4. The van der Waals surface area contributed by atoms with Crippen molar-refractivity contribution in [2.45, 2.75) is 33.2 Å². The van der Waals surface area contributed by atoms with Crippen molar-refractivity contribution in [1.82, 2.24) is 29.6 Å². The first-order chi connectivity index (χ1) is 20.4. The van der Waals surface area contributed by atoms with Gasteiger partial charge in [0.05, 0.1) is 12.5 Å². The van der Waals surface area contributed by atoms with E-state index in [1.54, 1.807) is 17.9 Å². The molecule has 10 heteroatoms. The zero-order chi connectivity index (χ0) is 29.2. The maximum atomic E-state index is 12.6. The normalized spacial score (nSPS) is 14.3. The van der Waals surface area contributed by atoms with Gasteiger partial charge in [0, 0.05) is 42.4 Å². The summed E-state index contributed by atoms with van der Waals surface area (Å²) in [6.07, 6.45) is 4.45. The number of methoxy groups -OCH3 is 1. The average Bonchev–Trinajstić information content (AvgIpc) is 3.58. The van der Waals surface area contributed by atoms with Gasteiger partial charge in [0.2, 0.25) is 11.8 Å². The van der Waals surface area contributed by atoms with Gasteiger partial charge >= 0.3 is 0 Å². The number of rotatable bonds is 8. The van der Waals surface area contributed by atoms with Crippen LogP contribution >= 0.6 is 0 Å². The molecule has 0 aliphatic carbocycles. The number of anilines is 3. The Hall–Kier alpha value is -4.70. The number of nitrogens with zero attached hydrogens (tertiary/aromatic N) is 5. The van der Waals surface area contributed by atoms with Crippen molar-refractivity contribution in [1.29, 1.82) is 0 Å². The molecule has 1 aliphatic rings. The van der Waals surface area contributed by atoms with Crippen molar-refractivity contribution in [3.8, 4) is 17.0 Å². The first-order valence-corrected chi connectivity index (χ1v) is 14.3. The van der Waals surface area contributed by atoms with Crippen LogP contribution in [0.3, 0.4) is 0 Å². The van der Waals surface area contributed by atoms with Gasteiger partial charge < -0.3 is 20.4 Å². The fourth-order valence-corrected chi connectivity index (χ4v) is 5.33. The highest BCUT2D eigenvalue weighted by molar-refractivity contribution is 6.03. The molecule has 4 heterocycles. The molecule has 1 fully saturated rings. The first-order valence-electron chi connectivity index (χ1n) is 14.3. The molecular formula is C32H36N8O2. The largest absolute Gasteiger partial charge is 0.480 e. The number of hydrogen-bond donors (Lipinski definition) is 3. The van der Waals surface area contributed by atoms with E-state index in [-0.39, 0.29) is 5.91 Å². The Morgan fingerprint density at radius 3 is 2.43 bits per heavy atom. The van der Waals surface area contributed by atoms with E-state index >= 15 is 0 Å². The number of benzene rings is 2. The van der Waals surface area contributed by atoms with Gasteiger partial charge in [-0.05, 0) is 80.2 Å². The topological polar surface area (TPSA) is 113 Å². The molecule has 0 atom stereocenters. The third-order valence-electron chi connectivity index (χ3n) is 7.98. The van der Waals surface area contributed by atoms with Crippen molar-refractivity contribution in [2.75, 3.05) is 30.8 Å². The predicted molar refractivity (Wildman–Crippen MR) is 165 cm³/mol. The number of amides is 1. The summed E-state index contributed by atoms with van der Waals surface area (Å²) in [5.74, 6) is 1.51. The molecule has 0 saturated carbocycles. The molecule has 216 valence electrons. The van der Waals surface area contributed by atoms with Gasteiger partial charge in [0.15, 0.2) is 5.69 Å². The third kappa shape index (κ3) is 5.84. The van der Waals surface area contributed by atoms with E-state index in [0.717, 1.165) is 40.4 Å². The highest BCUT2D eigenvalue weighted by atomic mass is 16.5. The monoisotopic (exact) mass is 564 g/mol. The fourth-order valence-electron chi connectivity index (χ4n) is 5.33. The lowest BCUT2D eigenvalue weighted by Crippen LogP contribution is -2.32. The van der Waals surface area contributed by atoms with Gasteiger partial charge in [-0.25, -0.2) is 0 Å². The lowest BCUT2D eigenvalue weighted by molar-refractivity contribution is 0.102. The van der Waals surface area contributed by atoms with Crippen molar-refractivity contribution < 1.29 is 9.53 Å². The van der Waals surface area contributed by atoms with Crippen LogP contribution in [-0.4, -0.2) is 55.7 Å². The highest BCUT2D eigenvalue weighted by Gasteiger charge is 2.18. The van der Waals surface area contributed by atoms with Gasteiger partial charge in [0.1, 0.15) is 5.65 Å². The van der Waals surface area contributed by atoms with Crippen LogP contribution in [0.2, 0.25) is 0 Å². The molecule has 2 aromatic carbocycles. The number of likely N-dealkylation sites (tertiary alicyclic amines) is 1. The summed E-state index contributed by atoms with van der Waals surface area (Å²) < 4.78 is 7.37. The Kier molecular flexibility index (Phi) is 7.62. The fraction of sp³-hybridized carbons (Fsp3) is 0.312. The molecule has 0 bridgehead atoms. The lowest BCUT2D eigenvalue weighted by Gasteiger charge is -2.30. The number of nitrogens with one attached hydrogen (secondary N) is 3. The second kappa shape index (κ2) is 11.7. The standard InChI is InChI=1S/C32H36N8O2/c1-20-13-15-40(16-14-20)19-22-5-9-25(10-6-22)35-32-36-29-28(31(37-32)42-4)26(18-33-29)23-7-11-24(12-8-23)34-30(41)27-17-21(2)39(3)38-27/h5-12,17-18,20H,13-16,19H2,1-4H3,(H,34,41)(H2,33,35,36,37). The molecule has 1 saturated heterocycles. The molecule has 0 radical (unpaired) electrons. The minimum atomic E-state index is -0.250. The molecule has 10 nitrogen and oxygen atoms in total. The molecule has 3 aromatic heterocycles. The van der Waals surface area contributed by atoms with Gasteiger partial charge in [-0.1, -0.05) is 31.2 Å². The SMILES string of the molecule is COc1nc(Nc2ccc(CN3CCC(C)CC3)cc2)nc2[nH]cc(-c3ccc(NC(=O)c4cc(C)n(C)n4)cc3)c12. The molecule has 3 N–H and O–H groups in total. The smallest absolute Gasteiger partial charge is 0.276 e. The first kappa shape index (κ1) is 27.5. The Bertz CT molecular complexity index is 1680.